The number of H-pyrrole nitrogens is 1. The maximum Gasteiger partial charge on any atom is 0.227 e. The topological polar surface area (TPSA) is 76.2 Å². The molecule has 0 bridgehead atoms. The van der Waals surface area contributed by atoms with Crippen LogP contribution in [0, 0.1) is 5.92 Å². The first kappa shape index (κ1) is 19.3. The van der Waals surface area contributed by atoms with Crippen molar-refractivity contribution in [2.24, 2.45) is 5.92 Å². The highest BCUT2D eigenvalue weighted by atomic mass is 16.5. The summed E-state index contributed by atoms with van der Waals surface area (Å²) in [5.74, 6) is 1.59. The third-order valence-electron chi connectivity index (χ3n) is 5.23. The molecule has 1 fully saturated rings. The molecule has 6 nitrogen and oxygen atoms in total. The van der Waals surface area contributed by atoms with Crippen LogP contribution in [0.4, 0.5) is 5.69 Å². The van der Waals surface area contributed by atoms with Crippen molar-refractivity contribution in [3.63, 3.8) is 0 Å². The van der Waals surface area contributed by atoms with E-state index in [0.29, 0.717) is 11.4 Å². The number of nitrogens with zero attached hydrogens (tertiary/aromatic N) is 1. The van der Waals surface area contributed by atoms with Gasteiger partial charge in [-0.05, 0) is 37.5 Å². The SMILES string of the molecule is CCCc1[nH]nc(-c2cc(OC)ccc2OC)c1NC(=O)C1CCCCC1. The van der Waals surface area contributed by atoms with Gasteiger partial charge in [0.1, 0.15) is 17.2 Å². The Labute approximate surface area is 160 Å². The Bertz CT molecular complexity index is 779. The van der Waals surface area contributed by atoms with Crippen LogP contribution in [0.5, 0.6) is 11.5 Å². The summed E-state index contributed by atoms with van der Waals surface area (Å²) in [6.07, 6.45) is 7.19. The molecule has 0 unspecified atom stereocenters. The molecule has 2 N–H and O–H groups in total. The number of amides is 1. The monoisotopic (exact) mass is 371 g/mol. The van der Waals surface area contributed by atoms with Crippen molar-refractivity contribution in [1.82, 2.24) is 10.2 Å². The van der Waals surface area contributed by atoms with Gasteiger partial charge in [0.25, 0.3) is 0 Å². The summed E-state index contributed by atoms with van der Waals surface area (Å²) in [5, 5.41) is 10.8. The summed E-state index contributed by atoms with van der Waals surface area (Å²) in [6.45, 7) is 2.11. The van der Waals surface area contributed by atoms with Gasteiger partial charge in [0.2, 0.25) is 5.91 Å². The summed E-state index contributed by atoms with van der Waals surface area (Å²) in [4.78, 5) is 12.9. The van der Waals surface area contributed by atoms with E-state index >= 15 is 0 Å². The van der Waals surface area contributed by atoms with Gasteiger partial charge in [-0.25, -0.2) is 0 Å². The van der Waals surface area contributed by atoms with Gasteiger partial charge < -0.3 is 14.8 Å². The number of rotatable bonds is 7. The van der Waals surface area contributed by atoms with Crippen molar-refractivity contribution < 1.29 is 14.3 Å². The fraction of sp³-hybridized carbons (Fsp3) is 0.524. The van der Waals surface area contributed by atoms with Gasteiger partial charge in [-0.1, -0.05) is 32.6 Å². The fourth-order valence-electron chi connectivity index (χ4n) is 3.73. The van der Waals surface area contributed by atoms with Crippen LogP contribution >= 0.6 is 0 Å². The van der Waals surface area contributed by atoms with E-state index < -0.39 is 0 Å². The predicted octanol–water partition coefficient (Wildman–Crippen LogP) is 4.57. The highest BCUT2D eigenvalue weighted by molar-refractivity contribution is 5.97. The number of aromatic nitrogens is 2. The van der Waals surface area contributed by atoms with E-state index in [1.807, 2.05) is 18.2 Å². The van der Waals surface area contributed by atoms with Gasteiger partial charge in [0.15, 0.2) is 0 Å². The smallest absolute Gasteiger partial charge is 0.227 e. The summed E-state index contributed by atoms with van der Waals surface area (Å²) in [5.41, 5.74) is 3.20. The van der Waals surface area contributed by atoms with Crippen LogP contribution in [0.2, 0.25) is 0 Å². The molecule has 1 aromatic carbocycles. The zero-order chi connectivity index (χ0) is 19.2. The van der Waals surface area contributed by atoms with Crippen molar-refractivity contribution in [3.05, 3.63) is 23.9 Å². The Morgan fingerprint density at radius 1 is 1.22 bits per heavy atom. The molecule has 2 aromatic rings. The molecule has 0 saturated heterocycles. The second-order valence-corrected chi connectivity index (χ2v) is 7.07. The van der Waals surface area contributed by atoms with E-state index in [2.05, 4.69) is 22.4 Å². The number of methoxy groups -OCH3 is 2. The molecule has 1 aliphatic carbocycles. The van der Waals surface area contributed by atoms with Gasteiger partial charge in [0, 0.05) is 11.5 Å². The maximum absolute atomic E-state index is 12.9. The number of nitrogens with one attached hydrogen (secondary N) is 2. The lowest BCUT2D eigenvalue weighted by Crippen LogP contribution is -2.25. The molecule has 1 heterocycles. The summed E-state index contributed by atoms with van der Waals surface area (Å²) in [6, 6.07) is 5.60. The molecule has 0 radical (unpaired) electrons. The molecule has 1 aliphatic rings. The summed E-state index contributed by atoms with van der Waals surface area (Å²) in [7, 11) is 3.26. The van der Waals surface area contributed by atoms with Crippen LogP contribution in [-0.4, -0.2) is 30.3 Å². The Morgan fingerprint density at radius 2 is 2.00 bits per heavy atom. The maximum atomic E-state index is 12.9. The normalized spacial score (nSPS) is 14.8. The van der Waals surface area contributed by atoms with Gasteiger partial charge in [-0.15, -0.1) is 0 Å². The fourth-order valence-corrected chi connectivity index (χ4v) is 3.73. The van der Waals surface area contributed by atoms with Gasteiger partial charge >= 0.3 is 0 Å². The number of anilines is 1. The minimum Gasteiger partial charge on any atom is -0.497 e. The molecular weight excluding hydrogens is 342 g/mol. The molecule has 146 valence electrons. The number of hydrogen-bond acceptors (Lipinski definition) is 4. The van der Waals surface area contributed by atoms with E-state index in [1.54, 1.807) is 14.2 Å². The van der Waals surface area contributed by atoms with E-state index in [1.165, 1.54) is 6.42 Å². The molecule has 1 amide bonds. The number of ether oxygens (including phenoxy) is 2. The molecule has 0 spiro atoms. The predicted molar refractivity (Wildman–Crippen MR) is 106 cm³/mol. The zero-order valence-corrected chi connectivity index (χ0v) is 16.4. The van der Waals surface area contributed by atoms with Crippen molar-refractivity contribution in [1.29, 1.82) is 0 Å². The lowest BCUT2D eigenvalue weighted by atomic mass is 9.88. The van der Waals surface area contributed by atoms with Crippen LogP contribution in [0.1, 0.15) is 51.1 Å². The average Bonchev–Trinajstić information content (AvgIpc) is 3.10. The first-order chi connectivity index (χ1) is 13.2. The number of aryl methyl sites for hydroxylation is 1. The average molecular weight is 371 g/mol. The van der Waals surface area contributed by atoms with E-state index in [4.69, 9.17) is 9.47 Å². The largest absolute Gasteiger partial charge is 0.497 e. The van der Waals surface area contributed by atoms with Crippen LogP contribution in [0.3, 0.4) is 0 Å². The third-order valence-corrected chi connectivity index (χ3v) is 5.23. The lowest BCUT2D eigenvalue weighted by Gasteiger charge is -2.21. The quantitative estimate of drug-likeness (QED) is 0.748. The first-order valence-corrected chi connectivity index (χ1v) is 9.78. The Hall–Kier alpha value is -2.50. The highest BCUT2D eigenvalue weighted by Gasteiger charge is 2.25. The Kier molecular flexibility index (Phi) is 6.37. The van der Waals surface area contributed by atoms with Crippen molar-refractivity contribution >= 4 is 11.6 Å². The molecule has 1 saturated carbocycles. The summed E-state index contributed by atoms with van der Waals surface area (Å²) < 4.78 is 10.9. The molecular formula is C21H29N3O3. The zero-order valence-electron chi connectivity index (χ0n) is 16.4. The molecule has 0 atom stereocenters. The number of hydrogen-bond donors (Lipinski definition) is 2. The van der Waals surface area contributed by atoms with Gasteiger partial charge in [-0.3, -0.25) is 9.89 Å². The van der Waals surface area contributed by atoms with Gasteiger partial charge in [0.05, 0.1) is 25.6 Å². The molecule has 27 heavy (non-hydrogen) atoms. The molecule has 1 aromatic heterocycles. The molecule has 6 heteroatoms. The van der Waals surface area contributed by atoms with Crippen molar-refractivity contribution in [3.8, 4) is 22.8 Å². The standard InChI is InChI=1S/C21H29N3O3/c1-4-8-17-20(22-21(25)14-9-6-5-7-10-14)19(24-23-17)16-13-15(26-2)11-12-18(16)27-3/h11-14H,4-10H2,1-3H3,(H,22,25)(H,23,24). The Morgan fingerprint density at radius 3 is 2.67 bits per heavy atom. The number of aromatic amines is 1. The van der Waals surface area contributed by atoms with E-state index in [-0.39, 0.29) is 11.8 Å². The second kappa shape index (κ2) is 8.93. The van der Waals surface area contributed by atoms with Crippen LogP contribution in [0.25, 0.3) is 11.3 Å². The molecule has 0 aliphatic heterocycles. The lowest BCUT2D eigenvalue weighted by molar-refractivity contribution is -0.120. The molecule has 3 rings (SSSR count). The Balaban J connectivity index is 1.98. The van der Waals surface area contributed by atoms with Crippen molar-refractivity contribution in [2.75, 3.05) is 19.5 Å². The number of carbonyl (C=O) groups excluding carboxylic acids is 1. The highest BCUT2D eigenvalue weighted by Crippen LogP contribution is 2.38. The van der Waals surface area contributed by atoms with E-state index in [9.17, 15) is 4.79 Å². The van der Waals surface area contributed by atoms with Crippen molar-refractivity contribution in [2.45, 2.75) is 51.9 Å². The van der Waals surface area contributed by atoms with Gasteiger partial charge in [-0.2, -0.15) is 5.10 Å². The van der Waals surface area contributed by atoms with Crippen LogP contribution in [0.15, 0.2) is 18.2 Å². The number of carbonyl (C=O) groups is 1. The third kappa shape index (κ3) is 4.26. The number of benzene rings is 1. The van der Waals surface area contributed by atoms with Crippen LogP contribution < -0.4 is 14.8 Å². The minimum atomic E-state index is 0.0863. The van der Waals surface area contributed by atoms with Crippen LogP contribution in [-0.2, 0) is 11.2 Å². The first-order valence-electron chi connectivity index (χ1n) is 9.78. The minimum absolute atomic E-state index is 0.0863. The van der Waals surface area contributed by atoms with E-state index in [0.717, 1.165) is 61.2 Å². The summed E-state index contributed by atoms with van der Waals surface area (Å²) >= 11 is 0. The second-order valence-electron chi connectivity index (χ2n) is 7.07.